The standard InChI is InChI=1S/C31H28N6O2S/c1-3-20(2)23-10-5-7-13-27(23)39-16-15-36-19-22(24-11-4-6-12-26(24)36)17-25-28(32)37-31(34-29(25)38)40-30(35-37)21-9-8-14-33-18-21/h4-14,17-20,32H,3,15-16H2,1-2H3/b25-17+,32-28?. The highest BCUT2D eigenvalue weighted by Gasteiger charge is 2.36. The van der Waals surface area contributed by atoms with E-state index in [9.17, 15) is 4.79 Å². The Labute approximate surface area is 236 Å². The molecule has 9 heteroatoms. The van der Waals surface area contributed by atoms with Gasteiger partial charge in [-0.3, -0.25) is 15.2 Å². The number of aliphatic imine (C=N–C) groups is 1. The number of hydrazone groups is 1. The van der Waals surface area contributed by atoms with Crippen molar-refractivity contribution in [2.24, 2.45) is 10.1 Å². The van der Waals surface area contributed by atoms with Crippen LogP contribution in [0.5, 0.6) is 5.75 Å². The topological polar surface area (TPSA) is 95.9 Å². The number of ether oxygens (including phenoxy) is 1. The first-order valence-corrected chi connectivity index (χ1v) is 14.1. The van der Waals surface area contributed by atoms with Gasteiger partial charge in [-0.1, -0.05) is 50.2 Å². The molecule has 0 fully saturated rings. The Bertz CT molecular complexity index is 1710. The summed E-state index contributed by atoms with van der Waals surface area (Å²) in [5.41, 5.74) is 4.09. The molecule has 1 atom stereocenters. The number of amidine groups is 2. The number of nitrogens with one attached hydrogen (secondary N) is 1. The Hall–Kier alpha value is -4.50. The number of nitrogens with zero attached hydrogens (tertiary/aromatic N) is 5. The number of carbonyl (C=O) groups excluding carboxylic acids is 1. The molecule has 1 N–H and O–H groups in total. The van der Waals surface area contributed by atoms with E-state index in [0.717, 1.165) is 34.2 Å². The summed E-state index contributed by atoms with van der Waals surface area (Å²) in [7, 11) is 0. The summed E-state index contributed by atoms with van der Waals surface area (Å²) < 4.78 is 8.36. The first-order valence-electron chi connectivity index (χ1n) is 13.2. The summed E-state index contributed by atoms with van der Waals surface area (Å²) in [5.74, 6) is 0.892. The van der Waals surface area contributed by atoms with E-state index in [4.69, 9.17) is 10.1 Å². The SMILES string of the molecule is CCC(C)c1ccccc1OCCn1cc(/C=C2\C(=N)N3N=C(c4cccnc4)SC3=NC2=O)c2ccccc21. The molecule has 40 heavy (non-hydrogen) atoms. The van der Waals surface area contributed by atoms with Gasteiger partial charge in [0.2, 0.25) is 5.17 Å². The molecule has 6 rings (SSSR count). The van der Waals surface area contributed by atoms with Crippen molar-refractivity contribution in [3.05, 3.63) is 102 Å². The smallest absolute Gasteiger partial charge is 0.283 e. The van der Waals surface area contributed by atoms with E-state index in [0.29, 0.717) is 29.3 Å². The van der Waals surface area contributed by atoms with Gasteiger partial charge in [-0.25, -0.2) is 0 Å². The largest absolute Gasteiger partial charge is 0.491 e. The van der Waals surface area contributed by atoms with Crippen LogP contribution in [0.25, 0.3) is 17.0 Å². The molecule has 2 aliphatic rings. The van der Waals surface area contributed by atoms with E-state index in [2.05, 4.69) is 51.7 Å². The number of para-hydroxylation sites is 2. The number of rotatable bonds is 8. The molecule has 1 amide bonds. The van der Waals surface area contributed by atoms with Gasteiger partial charge >= 0.3 is 0 Å². The molecule has 0 bridgehead atoms. The number of fused-ring (bicyclic) bond motifs is 2. The van der Waals surface area contributed by atoms with E-state index < -0.39 is 5.91 Å². The predicted molar refractivity (Wildman–Crippen MR) is 161 cm³/mol. The first kappa shape index (κ1) is 25.8. The van der Waals surface area contributed by atoms with Crippen LogP contribution < -0.4 is 4.74 Å². The molecule has 8 nitrogen and oxygen atoms in total. The Morgan fingerprint density at radius 3 is 2.75 bits per heavy atom. The van der Waals surface area contributed by atoms with Gasteiger partial charge in [-0.15, -0.1) is 0 Å². The van der Waals surface area contributed by atoms with Crippen molar-refractivity contribution in [2.45, 2.75) is 32.7 Å². The van der Waals surface area contributed by atoms with E-state index >= 15 is 0 Å². The predicted octanol–water partition coefficient (Wildman–Crippen LogP) is 6.30. The summed E-state index contributed by atoms with van der Waals surface area (Å²) in [6.45, 7) is 5.53. The fraction of sp³-hybridized carbons (Fsp3) is 0.194. The number of aromatic nitrogens is 2. The van der Waals surface area contributed by atoms with E-state index in [-0.39, 0.29) is 11.4 Å². The Morgan fingerprint density at radius 2 is 1.93 bits per heavy atom. The molecule has 2 aromatic heterocycles. The summed E-state index contributed by atoms with van der Waals surface area (Å²) in [6.07, 6.45) is 8.19. The lowest BCUT2D eigenvalue weighted by Gasteiger charge is -2.20. The van der Waals surface area contributed by atoms with Crippen molar-refractivity contribution < 1.29 is 9.53 Å². The van der Waals surface area contributed by atoms with E-state index in [1.165, 1.54) is 22.3 Å². The number of amides is 1. The van der Waals surface area contributed by atoms with Crippen LogP contribution in [0.1, 0.15) is 42.9 Å². The fourth-order valence-electron chi connectivity index (χ4n) is 4.82. The monoisotopic (exact) mass is 548 g/mol. The minimum Gasteiger partial charge on any atom is -0.491 e. The molecular formula is C31H28N6O2S. The number of carbonyl (C=O) groups is 1. The fourth-order valence-corrected chi connectivity index (χ4v) is 5.70. The maximum Gasteiger partial charge on any atom is 0.283 e. The van der Waals surface area contributed by atoms with Crippen molar-refractivity contribution in [3.8, 4) is 5.75 Å². The lowest BCUT2D eigenvalue weighted by Crippen LogP contribution is -2.35. The zero-order chi connectivity index (χ0) is 27.6. The number of hydrogen-bond acceptors (Lipinski definition) is 6. The molecule has 0 saturated carbocycles. The number of benzene rings is 2. The third-order valence-electron chi connectivity index (χ3n) is 7.13. The Morgan fingerprint density at radius 1 is 1.10 bits per heavy atom. The minimum atomic E-state index is -0.451. The molecule has 0 radical (unpaired) electrons. The highest BCUT2D eigenvalue weighted by molar-refractivity contribution is 8.27. The molecule has 2 aromatic carbocycles. The lowest BCUT2D eigenvalue weighted by molar-refractivity contribution is -0.114. The zero-order valence-electron chi connectivity index (χ0n) is 22.2. The van der Waals surface area contributed by atoms with E-state index in [1.807, 2.05) is 48.7 Å². The van der Waals surface area contributed by atoms with Crippen LogP contribution in [0.3, 0.4) is 0 Å². The molecule has 1 unspecified atom stereocenters. The summed E-state index contributed by atoms with van der Waals surface area (Å²) in [6, 6.07) is 20.0. The third kappa shape index (κ3) is 4.84. The average Bonchev–Trinajstić information content (AvgIpc) is 3.57. The summed E-state index contributed by atoms with van der Waals surface area (Å²) in [4.78, 5) is 21.4. The quantitative estimate of drug-likeness (QED) is 0.261. The summed E-state index contributed by atoms with van der Waals surface area (Å²) in [5, 5.41) is 16.8. The minimum absolute atomic E-state index is 0.00297. The highest BCUT2D eigenvalue weighted by Crippen LogP contribution is 2.32. The van der Waals surface area contributed by atoms with Crippen molar-refractivity contribution in [1.29, 1.82) is 5.41 Å². The maximum absolute atomic E-state index is 13.1. The van der Waals surface area contributed by atoms with Crippen LogP contribution in [0.2, 0.25) is 0 Å². The number of hydrogen-bond donors (Lipinski definition) is 1. The number of thioether (sulfide) groups is 1. The average molecular weight is 549 g/mol. The van der Waals surface area contributed by atoms with Gasteiger partial charge in [-0.05, 0) is 60.0 Å². The van der Waals surface area contributed by atoms with Crippen LogP contribution in [0, 0.1) is 5.41 Å². The van der Waals surface area contributed by atoms with Crippen molar-refractivity contribution >= 4 is 50.7 Å². The second kappa shape index (κ2) is 10.9. The van der Waals surface area contributed by atoms with Crippen LogP contribution in [0.15, 0.2) is 94.9 Å². The molecule has 0 spiro atoms. The zero-order valence-corrected chi connectivity index (χ0v) is 23.1. The Kier molecular flexibility index (Phi) is 7.04. The number of pyridine rings is 1. The second-order valence-corrected chi connectivity index (χ2v) is 10.6. The normalized spacial score (nSPS) is 16.8. The molecule has 200 valence electrons. The van der Waals surface area contributed by atoms with Crippen LogP contribution >= 0.6 is 11.8 Å². The maximum atomic E-state index is 13.1. The second-order valence-electron chi connectivity index (χ2n) is 9.66. The van der Waals surface area contributed by atoms with Gasteiger partial charge in [0.1, 0.15) is 17.4 Å². The molecular weight excluding hydrogens is 520 g/mol. The lowest BCUT2D eigenvalue weighted by atomic mass is 9.98. The molecule has 4 heterocycles. The van der Waals surface area contributed by atoms with Crippen molar-refractivity contribution in [3.63, 3.8) is 0 Å². The molecule has 0 aliphatic carbocycles. The van der Waals surface area contributed by atoms with Crippen LogP contribution in [-0.4, -0.2) is 43.1 Å². The van der Waals surface area contributed by atoms with Crippen LogP contribution in [-0.2, 0) is 11.3 Å². The summed E-state index contributed by atoms with van der Waals surface area (Å²) >= 11 is 1.26. The Balaban J connectivity index is 1.26. The van der Waals surface area contributed by atoms with Crippen LogP contribution in [0.4, 0.5) is 0 Å². The molecule has 2 aliphatic heterocycles. The van der Waals surface area contributed by atoms with Gasteiger partial charge in [-0.2, -0.15) is 15.1 Å². The molecule has 4 aromatic rings. The van der Waals surface area contributed by atoms with Crippen molar-refractivity contribution in [1.82, 2.24) is 14.6 Å². The third-order valence-corrected chi connectivity index (χ3v) is 8.09. The van der Waals surface area contributed by atoms with Crippen molar-refractivity contribution in [2.75, 3.05) is 6.61 Å². The van der Waals surface area contributed by atoms with Gasteiger partial charge in [0, 0.05) is 40.6 Å². The van der Waals surface area contributed by atoms with Gasteiger partial charge in [0.25, 0.3) is 5.91 Å². The molecule has 0 saturated heterocycles. The highest BCUT2D eigenvalue weighted by atomic mass is 32.2. The van der Waals surface area contributed by atoms with Gasteiger partial charge < -0.3 is 9.30 Å². The van der Waals surface area contributed by atoms with Gasteiger partial charge in [0.15, 0.2) is 5.84 Å². The van der Waals surface area contributed by atoms with E-state index in [1.54, 1.807) is 18.5 Å². The van der Waals surface area contributed by atoms with Gasteiger partial charge in [0.05, 0.1) is 12.1 Å². The first-order chi connectivity index (χ1) is 19.5.